The van der Waals surface area contributed by atoms with Gasteiger partial charge in [-0.05, 0) is 11.1 Å². The van der Waals surface area contributed by atoms with Gasteiger partial charge in [-0.2, -0.15) is 18.2 Å². The molecule has 0 fully saturated rings. The summed E-state index contributed by atoms with van der Waals surface area (Å²) in [6, 6.07) is 18.2. The van der Waals surface area contributed by atoms with Crippen molar-refractivity contribution in [2.75, 3.05) is 0 Å². The lowest BCUT2D eigenvalue weighted by Gasteiger charge is -2.21. The molecule has 0 radical (unpaired) electrons. The van der Waals surface area contributed by atoms with Crippen molar-refractivity contribution in [2.45, 2.75) is 24.5 Å². The minimum atomic E-state index is -3.99. The molecule has 8 heteroatoms. The first kappa shape index (κ1) is 18.2. The van der Waals surface area contributed by atoms with E-state index in [0.717, 1.165) is 23.5 Å². The second-order valence-electron chi connectivity index (χ2n) is 5.68. The van der Waals surface area contributed by atoms with E-state index in [1.165, 1.54) is 4.31 Å². The van der Waals surface area contributed by atoms with Crippen LogP contribution in [0.15, 0.2) is 78.0 Å². The summed E-state index contributed by atoms with van der Waals surface area (Å²) >= 11 is 0. The Morgan fingerprint density at radius 2 is 1.42 bits per heavy atom. The van der Waals surface area contributed by atoms with Crippen LogP contribution in [-0.2, 0) is 23.1 Å². The number of benzene rings is 2. The molecule has 0 saturated heterocycles. The minimum Gasteiger partial charge on any atom is -0.210 e. The quantitative estimate of drug-likeness (QED) is 0.631. The molecule has 0 spiro atoms. The Morgan fingerprint density at radius 3 is 1.85 bits per heavy atom. The highest BCUT2D eigenvalue weighted by Gasteiger charge is 2.27. The molecule has 0 saturated carbocycles. The van der Waals surface area contributed by atoms with E-state index in [-0.39, 0.29) is 18.0 Å². The van der Waals surface area contributed by atoms with Crippen LogP contribution in [0.3, 0.4) is 0 Å². The van der Waals surface area contributed by atoms with Crippen molar-refractivity contribution in [2.24, 2.45) is 0 Å². The summed E-state index contributed by atoms with van der Waals surface area (Å²) in [4.78, 5) is -0.260. The maximum atomic E-state index is 13.0. The van der Waals surface area contributed by atoms with Crippen molar-refractivity contribution in [3.63, 3.8) is 0 Å². The molecule has 136 valence electrons. The van der Waals surface area contributed by atoms with Gasteiger partial charge in [-0.15, -0.1) is 0 Å². The number of rotatable bonds is 7. The number of hydrogen-bond donors (Lipinski definition) is 0. The van der Waals surface area contributed by atoms with E-state index in [1.54, 1.807) is 0 Å². The van der Waals surface area contributed by atoms with Crippen LogP contribution in [-0.4, -0.2) is 22.5 Å². The fourth-order valence-corrected chi connectivity index (χ4v) is 3.87. The van der Waals surface area contributed by atoms with E-state index in [1.807, 2.05) is 60.7 Å². The zero-order valence-corrected chi connectivity index (χ0v) is 14.6. The zero-order valence-electron chi connectivity index (χ0n) is 13.7. The molecule has 0 atom stereocenters. The number of sulfonamides is 1. The van der Waals surface area contributed by atoms with Crippen molar-refractivity contribution >= 4 is 10.0 Å². The third-order valence-corrected chi connectivity index (χ3v) is 5.56. The van der Waals surface area contributed by atoms with E-state index < -0.39 is 16.6 Å². The SMILES string of the molecule is O=S(=O)(c1cnn(C(F)F)c1)N(Cc1ccccc1)Cc1ccccc1. The van der Waals surface area contributed by atoms with Crippen molar-refractivity contribution in [3.8, 4) is 0 Å². The fourth-order valence-electron chi connectivity index (χ4n) is 2.51. The number of hydrogen-bond acceptors (Lipinski definition) is 3. The monoisotopic (exact) mass is 377 g/mol. The largest absolute Gasteiger partial charge is 0.333 e. The molecule has 5 nitrogen and oxygen atoms in total. The summed E-state index contributed by atoms with van der Waals surface area (Å²) in [6.07, 6.45) is 1.80. The Kier molecular flexibility index (Phi) is 5.43. The molecule has 0 aliphatic carbocycles. The van der Waals surface area contributed by atoms with Gasteiger partial charge in [-0.1, -0.05) is 60.7 Å². The molecule has 0 aliphatic heterocycles. The highest BCUT2D eigenvalue weighted by atomic mass is 32.2. The topological polar surface area (TPSA) is 55.2 Å². The van der Waals surface area contributed by atoms with Gasteiger partial charge in [-0.25, -0.2) is 13.1 Å². The van der Waals surface area contributed by atoms with Gasteiger partial charge in [0.1, 0.15) is 4.90 Å². The zero-order chi connectivity index (χ0) is 18.6. The Balaban J connectivity index is 1.94. The van der Waals surface area contributed by atoms with Gasteiger partial charge < -0.3 is 0 Å². The third kappa shape index (κ3) is 4.14. The van der Waals surface area contributed by atoms with Crippen LogP contribution >= 0.6 is 0 Å². The molecule has 0 N–H and O–H groups in total. The van der Waals surface area contributed by atoms with Crippen molar-refractivity contribution in [3.05, 3.63) is 84.2 Å². The highest BCUT2D eigenvalue weighted by Crippen LogP contribution is 2.22. The maximum absolute atomic E-state index is 13.0. The normalized spacial score (nSPS) is 12.0. The third-order valence-electron chi connectivity index (χ3n) is 3.82. The lowest BCUT2D eigenvalue weighted by molar-refractivity contribution is 0.0563. The molecule has 3 rings (SSSR count). The van der Waals surface area contributed by atoms with Crippen LogP contribution in [0, 0.1) is 0 Å². The Morgan fingerprint density at radius 1 is 0.923 bits per heavy atom. The average molecular weight is 377 g/mol. The van der Waals surface area contributed by atoms with E-state index in [4.69, 9.17) is 0 Å². The van der Waals surface area contributed by atoms with Gasteiger partial charge in [0.2, 0.25) is 10.0 Å². The molecule has 1 heterocycles. The number of nitrogens with zero attached hydrogens (tertiary/aromatic N) is 3. The van der Waals surface area contributed by atoms with Crippen LogP contribution in [0.5, 0.6) is 0 Å². The summed E-state index contributed by atoms with van der Waals surface area (Å²) in [5.74, 6) is 0. The summed E-state index contributed by atoms with van der Waals surface area (Å²) in [7, 11) is -3.99. The van der Waals surface area contributed by atoms with Crippen LogP contribution in [0.4, 0.5) is 8.78 Å². The minimum absolute atomic E-state index is 0.123. The molecule has 0 unspecified atom stereocenters. The average Bonchev–Trinajstić information content (AvgIpc) is 3.14. The van der Waals surface area contributed by atoms with Crippen LogP contribution in [0.2, 0.25) is 0 Å². The summed E-state index contributed by atoms with van der Waals surface area (Å²) in [5, 5.41) is 3.44. The molecule has 2 aromatic carbocycles. The van der Waals surface area contributed by atoms with Crippen LogP contribution < -0.4 is 0 Å². The number of aromatic nitrogens is 2. The van der Waals surface area contributed by atoms with Crippen LogP contribution in [0.25, 0.3) is 0 Å². The molecule has 1 aromatic heterocycles. The molecule has 0 bridgehead atoms. The van der Waals surface area contributed by atoms with Gasteiger partial charge in [-0.3, -0.25) is 0 Å². The first-order chi connectivity index (χ1) is 12.5. The van der Waals surface area contributed by atoms with E-state index in [0.29, 0.717) is 4.68 Å². The Hall–Kier alpha value is -2.58. The second kappa shape index (κ2) is 7.76. The number of alkyl halides is 2. The summed E-state index contributed by atoms with van der Waals surface area (Å²) in [6.45, 7) is -2.65. The lowest BCUT2D eigenvalue weighted by atomic mass is 10.2. The molecular formula is C18H17F2N3O2S. The summed E-state index contributed by atoms with van der Waals surface area (Å²) in [5.41, 5.74) is 1.60. The first-order valence-electron chi connectivity index (χ1n) is 7.87. The molecule has 0 amide bonds. The highest BCUT2D eigenvalue weighted by molar-refractivity contribution is 7.89. The first-order valence-corrected chi connectivity index (χ1v) is 9.31. The van der Waals surface area contributed by atoms with Gasteiger partial charge in [0, 0.05) is 13.1 Å². The van der Waals surface area contributed by atoms with Gasteiger partial charge in [0.25, 0.3) is 0 Å². The maximum Gasteiger partial charge on any atom is 0.333 e. The van der Waals surface area contributed by atoms with Crippen LogP contribution in [0.1, 0.15) is 17.7 Å². The summed E-state index contributed by atoms with van der Waals surface area (Å²) < 4.78 is 53.1. The van der Waals surface area contributed by atoms with Crippen molar-refractivity contribution < 1.29 is 17.2 Å². The Bertz CT molecular complexity index is 903. The molecule has 26 heavy (non-hydrogen) atoms. The molecule has 0 aliphatic rings. The second-order valence-corrected chi connectivity index (χ2v) is 7.62. The van der Waals surface area contributed by atoms with Crippen molar-refractivity contribution in [1.82, 2.24) is 14.1 Å². The van der Waals surface area contributed by atoms with E-state index >= 15 is 0 Å². The van der Waals surface area contributed by atoms with Crippen molar-refractivity contribution in [1.29, 1.82) is 0 Å². The smallest absolute Gasteiger partial charge is 0.210 e. The Labute approximate surface area is 150 Å². The van der Waals surface area contributed by atoms with E-state index in [2.05, 4.69) is 5.10 Å². The van der Waals surface area contributed by atoms with Gasteiger partial charge in [0.15, 0.2) is 0 Å². The standard InChI is InChI=1S/C18H17F2N3O2S/c19-18(20)23-14-17(11-21-23)26(24,25)22(12-15-7-3-1-4-8-15)13-16-9-5-2-6-10-16/h1-11,14,18H,12-13H2. The van der Waals surface area contributed by atoms with E-state index in [9.17, 15) is 17.2 Å². The van der Waals surface area contributed by atoms with Gasteiger partial charge in [0.05, 0.1) is 12.4 Å². The lowest BCUT2D eigenvalue weighted by Crippen LogP contribution is -2.30. The molecular weight excluding hydrogens is 360 g/mol. The predicted octanol–water partition coefficient (Wildman–Crippen LogP) is 3.67. The predicted molar refractivity (Wildman–Crippen MR) is 92.8 cm³/mol. The fraction of sp³-hybridized carbons (Fsp3) is 0.167. The number of halogens is 2. The molecule has 3 aromatic rings. The van der Waals surface area contributed by atoms with Gasteiger partial charge >= 0.3 is 6.55 Å².